The van der Waals surface area contributed by atoms with Crippen molar-refractivity contribution in [3.63, 3.8) is 0 Å². The molecule has 0 aliphatic heterocycles. The van der Waals surface area contributed by atoms with Crippen LogP contribution in [0.4, 0.5) is 0 Å². The second-order valence-corrected chi connectivity index (χ2v) is 6.50. The number of benzene rings is 2. The average Bonchev–Trinajstić information content (AvgIpc) is 2.75. The first-order valence-corrected chi connectivity index (χ1v) is 9.13. The van der Waals surface area contributed by atoms with Gasteiger partial charge in [-0.2, -0.15) is 0 Å². The largest absolute Gasteiger partial charge is 0.481 e. The first-order chi connectivity index (χ1) is 14.3. The van der Waals surface area contributed by atoms with Crippen LogP contribution in [0.5, 0.6) is 0 Å². The molecule has 2 aromatic rings. The maximum absolute atomic E-state index is 12.6. The molecule has 158 valence electrons. The molecule has 2 rings (SSSR count). The van der Waals surface area contributed by atoms with Gasteiger partial charge in [0.25, 0.3) is 11.8 Å². The van der Waals surface area contributed by atoms with Crippen molar-refractivity contribution in [1.82, 2.24) is 10.6 Å². The Morgan fingerprint density at radius 2 is 1.40 bits per heavy atom. The SMILES string of the molecule is O=C(O)CC[C@@H](NC(=O)[C@H](O)[C@@H](NC(=O)c1ccccc1)c1ccccc1)C(=O)O. The van der Waals surface area contributed by atoms with Gasteiger partial charge in [0.2, 0.25) is 0 Å². The summed E-state index contributed by atoms with van der Waals surface area (Å²) in [6.07, 6.45) is -2.64. The van der Waals surface area contributed by atoms with Gasteiger partial charge < -0.3 is 26.0 Å². The van der Waals surface area contributed by atoms with Crippen molar-refractivity contribution in [2.45, 2.75) is 31.0 Å². The summed E-state index contributed by atoms with van der Waals surface area (Å²) in [5, 5.41) is 33.3. The van der Waals surface area contributed by atoms with Crippen LogP contribution < -0.4 is 10.6 Å². The van der Waals surface area contributed by atoms with Gasteiger partial charge in [0.1, 0.15) is 6.04 Å². The van der Waals surface area contributed by atoms with Crippen LogP contribution in [0.25, 0.3) is 0 Å². The zero-order valence-corrected chi connectivity index (χ0v) is 15.9. The van der Waals surface area contributed by atoms with E-state index in [1.54, 1.807) is 60.7 Å². The predicted molar refractivity (Wildman–Crippen MR) is 106 cm³/mol. The van der Waals surface area contributed by atoms with Crippen LogP contribution in [0.2, 0.25) is 0 Å². The minimum absolute atomic E-state index is 0.316. The molecule has 0 bridgehead atoms. The van der Waals surface area contributed by atoms with E-state index in [4.69, 9.17) is 5.11 Å². The van der Waals surface area contributed by atoms with Gasteiger partial charge in [0.15, 0.2) is 6.10 Å². The van der Waals surface area contributed by atoms with Crippen LogP contribution in [-0.4, -0.2) is 51.2 Å². The molecule has 0 aliphatic rings. The summed E-state index contributed by atoms with van der Waals surface area (Å²) in [6.45, 7) is 0. The van der Waals surface area contributed by atoms with Gasteiger partial charge in [-0.15, -0.1) is 0 Å². The van der Waals surface area contributed by atoms with Crippen molar-refractivity contribution in [3.05, 3.63) is 71.8 Å². The fraction of sp³-hybridized carbons (Fsp3) is 0.238. The van der Waals surface area contributed by atoms with Crippen LogP contribution in [0.15, 0.2) is 60.7 Å². The fourth-order valence-electron chi connectivity index (χ4n) is 2.75. The molecule has 9 heteroatoms. The molecule has 3 atom stereocenters. The smallest absolute Gasteiger partial charge is 0.326 e. The third-order valence-corrected chi connectivity index (χ3v) is 4.33. The Balaban J connectivity index is 2.20. The molecular weight excluding hydrogens is 392 g/mol. The van der Waals surface area contributed by atoms with Crippen molar-refractivity contribution >= 4 is 23.8 Å². The molecule has 0 heterocycles. The molecule has 2 aromatic carbocycles. The van der Waals surface area contributed by atoms with Gasteiger partial charge in [0.05, 0.1) is 6.04 Å². The Kier molecular flexibility index (Phi) is 8.07. The topological polar surface area (TPSA) is 153 Å². The van der Waals surface area contributed by atoms with Gasteiger partial charge in [-0.1, -0.05) is 48.5 Å². The van der Waals surface area contributed by atoms with Crippen molar-refractivity contribution in [1.29, 1.82) is 0 Å². The number of nitrogens with one attached hydrogen (secondary N) is 2. The lowest BCUT2D eigenvalue weighted by Crippen LogP contribution is -2.50. The molecule has 0 saturated heterocycles. The number of carboxylic acid groups (broad SMARTS) is 2. The van der Waals surface area contributed by atoms with Crippen molar-refractivity contribution < 1.29 is 34.5 Å². The fourth-order valence-corrected chi connectivity index (χ4v) is 2.75. The monoisotopic (exact) mass is 414 g/mol. The number of amides is 2. The summed E-state index contributed by atoms with van der Waals surface area (Å²) in [7, 11) is 0. The number of hydrogen-bond donors (Lipinski definition) is 5. The summed E-state index contributed by atoms with van der Waals surface area (Å²) >= 11 is 0. The highest BCUT2D eigenvalue weighted by atomic mass is 16.4. The molecule has 9 nitrogen and oxygen atoms in total. The Hall–Kier alpha value is -3.72. The molecule has 30 heavy (non-hydrogen) atoms. The van der Waals surface area contributed by atoms with Gasteiger partial charge in [-0.05, 0) is 24.1 Å². The van der Waals surface area contributed by atoms with E-state index in [0.29, 0.717) is 11.1 Å². The van der Waals surface area contributed by atoms with E-state index in [9.17, 15) is 29.4 Å². The number of carbonyl (C=O) groups excluding carboxylic acids is 2. The Morgan fingerprint density at radius 1 is 0.833 bits per heavy atom. The molecule has 0 radical (unpaired) electrons. The summed E-state index contributed by atoms with van der Waals surface area (Å²) in [4.78, 5) is 47.1. The van der Waals surface area contributed by atoms with E-state index < -0.39 is 48.4 Å². The van der Waals surface area contributed by atoms with E-state index in [0.717, 1.165) is 0 Å². The first-order valence-electron chi connectivity index (χ1n) is 9.13. The summed E-state index contributed by atoms with van der Waals surface area (Å²) in [5.41, 5.74) is 0.748. The maximum atomic E-state index is 12.6. The minimum atomic E-state index is -1.81. The Morgan fingerprint density at radius 3 is 1.93 bits per heavy atom. The highest BCUT2D eigenvalue weighted by Gasteiger charge is 2.32. The Labute approximate surface area is 172 Å². The van der Waals surface area contributed by atoms with E-state index in [2.05, 4.69) is 10.6 Å². The van der Waals surface area contributed by atoms with Crippen LogP contribution in [0, 0.1) is 0 Å². The second-order valence-electron chi connectivity index (χ2n) is 6.50. The number of aliphatic hydroxyl groups excluding tert-OH is 1. The molecule has 0 fully saturated rings. The molecule has 2 amide bonds. The van der Waals surface area contributed by atoms with Crippen molar-refractivity contribution in [2.24, 2.45) is 0 Å². The van der Waals surface area contributed by atoms with Gasteiger partial charge >= 0.3 is 11.9 Å². The van der Waals surface area contributed by atoms with Crippen molar-refractivity contribution in [3.8, 4) is 0 Å². The summed E-state index contributed by atoms with van der Waals surface area (Å²) < 4.78 is 0. The number of carboxylic acids is 2. The molecule has 0 spiro atoms. The molecule has 0 aliphatic carbocycles. The van der Waals surface area contributed by atoms with E-state index in [1.165, 1.54) is 0 Å². The van der Waals surface area contributed by atoms with Gasteiger partial charge in [-0.3, -0.25) is 14.4 Å². The van der Waals surface area contributed by atoms with Crippen molar-refractivity contribution in [2.75, 3.05) is 0 Å². The summed E-state index contributed by atoms with van der Waals surface area (Å²) in [5.74, 6) is -4.22. The second kappa shape index (κ2) is 10.7. The quantitative estimate of drug-likeness (QED) is 0.388. The first kappa shape index (κ1) is 22.6. The molecule has 5 N–H and O–H groups in total. The van der Waals surface area contributed by atoms with Crippen LogP contribution >= 0.6 is 0 Å². The number of hydrogen-bond acceptors (Lipinski definition) is 5. The normalized spacial score (nSPS) is 13.5. The average molecular weight is 414 g/mol. The lowest BCUT2D eigenvalue weighted by Gasteiger charge is -2.25. The molecule has 0 aromatic heterocycles. The zero-order valence-electron chi connectivity index (χ0n) is 15.9. The lowest BCUT2D eigenvalue weighted by molar-refractivity contribution is -0.144. The minimum Gasteiger partial charge on any atom is -0.481 e. The van der Waals surface area contributed by atoms with Crippen LogP contribution in [-0.2, 0) is 14.4 Å². The van der Waals surface area contributed by atoms with Gasteiger partial charge in [0, 0.05) is 12.0 Å². The molecule has 0 unspecified atom stereocenters. The number of rotatable bonds is 10. The van der Waals surface area contributed by atoms with Crippen LogP contribution in [0.3, 0.4) is 0 Å². The predicted octanol–water partition coefficient (Wildman–Crippen LogP) is 0.953. The third-order valence-electron chi connectivity index (χ3n) is 4.33. The number of aliphatic hydroxyl groups is 1. The maximum Gasteiger partial charge on any atom is 0.326 e. The van der Waals surface area contributed by atoms with Crippen LogP contribution in [0.1, 0.15) is 34.8 Å². The number of carbonyl (C=O) groups is 4. The van der Waals surface area contributed by atoms with E-state index >= 15 is 0 Å². The standard InChI is InChI=1S/C21H22N2O7/c24-16(25)12-11-15(21(29)30)22-20(28)18(26)17(13-7-3-1-4-8-13)23-19(27)14-9-5-2-6-10-14/h1-10,15,17-18,26H,11-12H2,(H,22,28)(H,23,27)(H,24,25)(H,29,30)/t15-,17+,18-/m1/s1. The zero-order chi connectivity index (χ0) is 22.1. The third kappa shape index (κ3) is 6.42. The molecular formula is C21H22N2O7. The summed E-state index contributed by atoms with van der Waals surface area (Å²) in [6, 6.07) is 13.8. The molecule has 0 saturated carbocycles. The highest BCUT2D eigenvalue weighted by molar-refractivity contribution is 5.95. The highest BCUT2D eigenvalue weighted by Crippen LogP contribution is 2.18. The lowest BCUT2D eigenvalue weighted by atomic mass is 9.99. The van der Waals surface area contributed by atoms with E-state index in [1.807, 2.05) is 0 Å². The Bertz CT molecular complexity index is 887. The van der Waals surface area contributed by atoms with Gasteiger partial charge in [-0.25, -0.2) is 4.79 Å². The van der Waals surface area contributed by atoms with E-state index in [-0.39, 0.29) is 6.42 Å². The number of aliphatic carboxylic acids is 2.